The van der Waals surface area contributed by atoms with Gasteiger partial charge in [-0.25, -0.2) is 0 Å². The zero-order chi connectivity index (χ0) is 9.26. The number of carbonyl (C=O) groups is 1. The molecule has 4 heteroatoms. The SMILES string of the molecule is COCC(=O)N1C[C@H]2CNC[C@H]2C1. The summed E-state index contributed by atoms with van der Waals surface area (Å²) in [7, 11) is 1.57. The molecular formula is C9H16N2O2. The van der Waals surface area contributed by atoms with E-state index in [1.54, 1.807) is 7.11 Å². The Morgan fingerprint density at radius 3 is 2.62 bits per heavy atom. The second-order valence-corrected chi connectivity index (χ2v) is 3.91. The minimum absolute atomic E-state index is 0.136. The fourth-order valence-corrected chi connectivity index (χ4v) is 2.27. The molecule has 0 aromatic rings. The van der Waals surface area contributed by atoms with Gasteiger partial charge in [-0.2, -0.15) is 0 Å². The molecule has 1 amide bonds. The van der Waals surface area contributed by atoms with Gasteiger partial charge in [0.1, 0.15) is 6.61 Å². The molecule has 1 N–H and O–H groups in total. The molecule has 0 saturated carbocycles. The Labute approximate surface area is 78.2 Å². The lowest BCUT2D eigenvalue weighted by atomic mass is 10.0. The first kappa shape index (κ1) is 8.97. The Balaban J connectivity index is 1.87. The quantitative estimate of drug-likeness (QED) is 0.617. The van der Waals surface area contributed by atoms with Crippen molar-refractivity contribution >= 4 is 5.91 Å². The Kier molecular flexibility index (Phi) is 2.51. The molecule has 0 spiro atoms. The number of nitrogens with one attached hydrogen (secondary N) is 1. The Morgan fingerprint density at radius 1 is 1.46 bits per heavy atom. The summed E-state index contributed by atoms with van der Waals surface area (Å²) in [6.07, 6.45) is 0. The summed E-state index contributed by atoms with van der Waals surface area (Å²) < 4.78 is 4.83. The molecule has 0 aromatic heterocycles. The molecule has 2 heterocycles. The summed E-state index contributed by atoms with van der Waals surface area (Å²) in [6.45, 7) is 4.20. The van der Waals surface area contributed by atoms with Crippen LogP contribution in [0.25, 0.3) is 0 Å². The lowest BCUT2D eigenvalue weighted by Gasteiger charge is -2.16. The van der Waals surface area contributed by atoms with Gasteiger partial charge in [0.05, 0.1) is 0 Å². The molecule has 2 aliphatic heterocycles. The van der Waals surface area contributed by atoms with E-state index in [2.05, 4.69) is 5.32 Å². The normalized spacial score (nSPS) is 32.2. The van der Waals surface area contributed by atoms with Gasteiger partial charge < -0.3 is 15.0 Å². The van der Waals surface area contributed by atoms with Crippen molar-refractivity contribution in [2.75, 3.05) is 39.9 Å². The van der Waals surface area contributed by atoms with Crippen LogP contribution in [0.4, 0.5) is 0 Å². The Hall–Kier alpha value is -0.610. The number of rotatable bonds is 2. The number of ether oxygens (including phenoxy) is 1. The van der Waals surface area contributed by atoms with Gasteiger partial charge in [-0.1, -0.05) is 0 Å². The topological polar surface area (TPSA) is 41.6 Å². The molecule has 0 unspecified atom stereocenters. The number of hydrogen-bond donors (Lipinski definition) is 1. The van der Waals surface area contributed by atoms with Gasteiger partial charge in [-0.05, 0) is 11.8 Å². The molecule has 0 bridgehead atoms. The Bertz CT molecular complexity index is 196. The molecule has 0 aliphatic carbocycles. The first-order chi connectivity index (χ1) is 6.31. The number of likely N-dealkylation sites (tertiary alicyclic amines) is 1. The molecule has 4 nitrogen and oxygen atoms in total. The van der Waals surface area contributed by atoms with E-state index in [1.807, 2.05) is 4.90 Å². The molecule has 74 valence electrons. The van der Waals surface area contributed by atoms with E-state index in [-0.39, 0.29) is 12.5 Å². The van der Waals surface area contributed by atoms with Crippen LogP contribution in [-0.2, 0) is 9.53 Å². The number of methoxy groups -OCH3 is 1. The van der Waals surface area contributed by atoms with Crippen LogP contribution in [0, 0.1) is 11.8 Å². The summed E-state index contributed by atoms with van der Waals surface area (Å²) in [5.41, 5.74) is 0. The van der Waals surface area contributed by atoms with Gasteiger partial charge in [-0.3, -0.25) is 4.79 Å². The van der Waals surface area contributed by atoms with Gasteiger partial charge in [0.25, 0.3) is 0 Å². The maximum atomic E-state index is 11.5. The predicted molar refractivity (Wildman–Crippen MR) is 48.3 cm³/mol. The van der Waals surface area contributed by atoms with E-state index in [1.165, 1.54) is 0 Å². The molecular weight excluding hydrogens is 168 g/mol. The van der Waals surface area contributed by atoms with Crippen molar-refractivity contribution in [3.05, 3.63) is 0 Å². The minimum atomic E-state index is 0.136. The highest BCUT2D eigenvalue weighted by Gasteiger charge is 2.37. The lowest BCUT2D eigenvalue weighted by molar-refractivity contribution is -0.134. The standard InChI is InChI=1S/C9H16N2O2/c1-13-6-9(12)11-4-7-2-10-3-8(7)5-11/h7-8,10H,2-6H2,1H3/t7-,8+. The number of amides is 1. The molecule has 2 atom stereocenters. The molecule has 13 heavy (non-hydrogen) atoms. The van der Waals surface area contributed by atoms with Crippen LogP contribution < -0.4 is 5.32 Å². The first-order valence-electron chi connectivity index (χ1n) is 4.78. The van der Waals surface area contributed by atoms with Gasteiger partial charge >= 0.3 is 0 Å². The highest BCUT2D eigenvalue weighted by atomic mass is 16.5. The molecule has 2 rings (SSSR count). The zero-order valence-electron chi connectivity index (χ0n) is 7.95. The van der Waals surface area contributed by atoms with E-state index in [0.29, 0.717) is 11.8 Å². The lowest BCUT2D eigenvalue weighted by Crippen LogP contribution is -2.34. The molecule has 0 radical (unpaired) electrons. The number of fused-ring (bicyclic) bond motifs is 1. The fraction of sp³-hybridized carbons (Fsp3) is 0.889. The zero-order valence-corrected chi connectivity index (χ0v) is 7.95. The summed E-state index contributed by atoms with van der Waals surface area (Å²) >= 11 is 0. The maximum Gasteiger partial charge on any atom is 0.248 e. The number of nitrogens with zero attached hydrogens (tertiary/aromatic N) is 1. The average molecular weight is 184 g/mol. The Morgan fingerprint density at radius 2 is 2.08 bits per heavy atom. The van der Waals surface area contributed by atoms with Crippen LogP contribution in [0.5, 0.6) is 0 Å². The molecule has 0 aromatic carbocycles. The highest BCUT2D eigenvalue weighted by molar-refractivity contribution is 5.77. The highest BCUT2D eigenvalue weighted by Crippen LogP contribution is 2.25. The van der Waals surface area contributed by atoms with Crippen molar-refractivity contribution in [1.29, 1.82) is 0 Å². The molecule has 2 saturated heterocycles. The smallest absolute Gasteiger partial charge is 0.248 e. The summed E-state index contributed by atoms with van der Waals surface area (Å²) in [6, 6.07) is 0. The van der Waals surface area contributed by atoms with Crippen molar-refractivity contribution in [2.45, 2.75) is 0 Å². The van der Waals surface area contributed by atoms with Gasteiger partial charge in [-0.15, -0.1) is 0 Å². The third kappa shape index (κ3) is 1.69. The summed E-state index contributed by atoms with van der Waals surface area (Å²) in [5.74, 6) is 1.50. The van der Waals surface area contributed by atoms with Gasteiger partial charge in [0, 0.05) is 33.3 Å². The summed E-state index contributed by atoms with van der Waals surface area (Å²) in [5, 5.41) is 3.35. The third-order valence-corrected chi connectivity index (χ3v) is 3.01. The largest absolute Gasteiger partial charge is 0.375 e. The van der Waals surface area contributed by atoms with Gasteiger partial charge in [0.15, 0.2) is 0 Å². The van der Waals surface area contributed by atoms with Crippen LogP contribution in [-0.4, -0.2) is 50.7 Å². The first-order valence-corrected chi connectivity index (χ1v) is 4.78. The monoisotopic (exact) mass is 184 g/mol. The predicted octanol–water partition coefficient (Wildman–Crippen LogP) is -0.689. The second kappa shape index (κ2) is 3.64. The van der Waals surface area contributed by atoms with Crippen molar-refractivity contribution in [1.82, 2.24) is 10.2 Å². The van der Waals surface area contributed by atoms with E-state index >= 15 is 0 Å². The fourth-order valence-electron chi connectivity index (χ4n) is 2.27. The van der Waals surface area contributed by atoms with Crippen LogP contribution >= 0.6 is 0 Å². The van der Waals surface area contributed by atoms with Crippen LogP contribution in [0.15, 0.2) is 0 Å². The van der Waals surface area contributed by atoms with Crippen molar-refractivity contribution in [3.63, 3.8) is 0 Å². The van der Waals surface area contributed by atoms with Crippen molar-refractivity contribution < 1.29 is 9.53 Å². The van der Waals surface area contributed by atoms with E-state index in [4.69, 9.17) is 4.74 Å². The van der Waals surface area contributed by atoms with Crippen LogP contribution in [0.3, 0.4) is 0 Å². The van der Waals surface area contributed by atoms with Gasteiger partial charge in [0.2, 0.25) is 5.91 Å². The van der Waals surface area contributed by atoms with E-state index < -0.39 is 0 Å². The second-order valence-electron chi connectivity index (χ2n) is 3.91. The maximum absolute atomic E-state index is 11.5. The van der Waals surface area contributed by atoms with E-state index in [0.717, 1.165) is 26.2 Å². The molecule has 2 fully saturated rings. The third-order valence-electron chi connectivity index (χ3n) is 3.01. The number of carbonyl (C=O) groups excluding carboxylic acids is 1. The van der Waals surface area contributed by atoms with Crippen molar-refractivity contribution in [3.8, 4) is 0 Å². The van der Waals surface area contributed by atoms with Crippen LogP contribution in [0.1, 0.15) is 0 Å². The average Bonchev–Trinajstić information content (AvgIpc) is 2.61. The summed E-state index contributed by atoms with van der Waals surface area (Å²) in [4.78, 5) is 13.4. The number of hydrogen-bond acceptors (Lipinski definition) is 3. The van der Waals surface area contributed by atoms with Crippen molar-refractivity contribution in [2.24, 2.45) is 11.8 Å². The van der Waals surface area contributed by atoms with Crippen LogP contribution in [0.2, 0.25) is 0 Å². The van der Waals surface area contributed by atoms with E-state index in [9.17, 15) is 4.79 Å². The minimum Gasteiger partial charge on any atom is -0.375 e. The molecule has 2 aliphatic rings.